The number of nitrogens with zero attached hydrogens (tertiary/aromatic N) is 3. The number of para-hydroxylation sites is 1. The molecule has 5 rings (SSSR count). The number of rotatable bonds is 3. The molecular weight excluding hydrogens is 426 g/mol. The lowest BCUT2D eigenvalue weighted by molar-refractivity contribution is -0.118. The molecule has 2 aromatic carbocycles. The molecule has 0 radical (unpaired) electrons. The van der Waals surface area contributed by atoms with Crippen molar-refractivity contribution >= 4 is 52.8 Å². The summed E-state index contributed by atoms with van der Waals surface area (Å²) in [5, 5.41) is 6.72. The van der Waals surface area contributed by atoms with Gasteiger partial charge in [0.15, 0.2) is 4.77 Å². The number of hydrogen-bond acceptors (Lipinski definition) is 5. The fourth-order valence-electron chi connectivity index (χ4n) is 3.84. The third-order valence-corrected chi connectivity index (χ3v) is 5.75. The molecule has 0 spiro atoms. The van der Waals surface area contributed by atoms with E-state index in [9.17, 15) is 4.79 Å². The molecule has 1 aliphatic heterocycles. The minimum absolute atomic E-state index is 0.144. The van der Waals surface area contributed by atoms with Gasteiger partial charge in [0, 0.05) is 0 Å². The maximum Gasteiger partial charge on any atom is 0.262 e. The molecule has 31 heavy (non-hydrogen) atoms. The highest BCUT2D eigenvalue weighted by Crippen LogP contribution is 2.34. The molecule has 6 nitrogen and oxygen atoms in total. The first kappa shape index (κ1) is 19.5. The van der Waals surface area contributed by atoms with Gasteiger partial charge >= 0.3 is 0 Å². The first-order valence-electron chi connectivity index (χ1n) is 9.70. The van der Waals surface area contributed by atoms with Gasteiger partial charge < -0.3 is 9.97 Å². The Kier molecular flexibility index (Phi) is 4.80. The first-order chi connectivity index (χ1) is 15.0. The summed E-state index contributed by atoms with van der Waals surface area (Å²) >= 11 is 10.8. The molecule has 8 heteroatoms. The quantitative estimate of drug-likeness (QED) is 0.409. The minimum atomic E-state index is -0.591. The van der Waals surface area contributed by atoms with Gasteiger partial charge in [0.1, 0.15) is 16.2 Å². The monoisotopic (exact) mass is 443 g/mol. The lowest BCUT2D eigenvalue weighted by Gasteiger charge is -2.16. The van der Waals surface area contributed by atoms with Crippen molar-refractivity contribution in [2.24, 2.45) is 5.10 Å². The predicted octanol–water partition coefficient (Wildman–Crippen LogP) is 5.52. The van der Waals surface area contributed by atoms with E-state index in [-0.39, 0.29) is 5.91 Å². The standard InChI is InChI=1S/C23H17N5OS2/c1-13-18(22(29)28(27-13)15-10-6-3-7-11-15)17-12-16(14-8-4-2-5-9-14)19-20(24-17)25-23(31)26-21(19)30/h2-12,18H,1H3,(H2,24,25,26,30,31). The summed E-state index contributed by atoms with van der Waals surface area (Å²) in [5.74, 6) is -0.735. The Morgan fingerprint density at radius 2 is 1.65 bits per heavy atom. The molecule has 0 saturated carbocycles. The van der Waals surface area contributed by atoms with E-state index in [4.69, 9.17) is 29.4 Å². The number of benzene rings is 2. The van der Waals surface area contributed by atoms with E-state index >= 15 is 0 Å². The van der Waals surface area contributed by atoms with Crippen molar-refractivity contribution in [2.45, 2.75) is 12.8 Å². The zero-order chi connectivity index (χ0) is 21.5. The van der Waals surface area contributed by atoms with E-state index in [0.717, 1.165) is 22.2 Å². The summed E-state index contributed by atoms with van der Waals surface area (Å²) in [6, 6.07) is 21.2. The Hall–Kier alpha value is -3.49. The highest BCUT2D eigenvalue weighted by molar-refractivity contribution is 7.72. The van der Waals surface area contributed by atoms with E-state index < -0.39 is 5.92 Å². The number of carbonyl (C=O) groups is 1. The highest BCUT2D eigenvalue weighted by atomic mass is 32.1. The highest BCUT2D eigenvalue weighted by Gasteiger charge is 2.37. The van der Waals surface area contributed by atoms with Crippen LogP contribution in [0.5, 0.6) is 0 Å². The number of amides is 1. The van der Waals surface area contributed by atoms with Gasteiger partial charge in [-0.3, -0.25) is 4.79 Å². The Balaban J connectivity index is 1.71. The average Bonchev–Trinajstić information content (AvgIpc) is 3.07. The van der Waals surface area contributed by atoms with Crippen molar-refractivity contribution in [3.63, 3.8) is 0 Å². The van der Waals surface area contributed by atoms with Gasteiger partial charge in [-0.2, -0.15) is 10.1 Å². The average molecular weight is 444 g/mol. The van der Waals surface area contributed by atoms with E-state index in [1.54, 1.807) is 0 Å². The Labute approximate surface area is 188 Å². The molecule has 0 aliphatic carbocycles. The molecule has 1 unspecified atom stereocenters. The normalized spacial score (nSPS) is 16.0. The van der Waals surface area contributed by atoms with Gasteiger partial charge in [-0.25, -0.2) is 4.98 Å². The Bertz CT molecular complexity index is 1460. The van der Waals surface area contributed by atoms with Crippen LogP contribution in [0.25, 0.3) is 22.2 Å². The van der Waals surface area contributed by atoms with Crippen LogP contribution in [0, 0.1) is 9.41 Å². The molecule has 1 aliphatic rings. The zero-order valence-electron chi connectivity index (χ0n) is 16.5. The third-order valence-electron chi connectivity index (χ3n) is 5.24. The molecule has 152 valence electrons. The van der Waals surface area contributed by atoms with Crippen LogP contribution in [0.15, 0.2) is 71.8 Å². The smallest absolute Gasteiger partial charge is 0.262 e. The van der Waals surface area contributed by atoms with Crippen molar-refractivity contribution in [1.82, 2.24) is 15.0 Å². The molecule has 3 heterocycles. The molecule has 2 N–H and O–H groups in total. The fraction of sp³-hybridized carbons (Fsp3) is 0.0870. The summed E-state index contributed by atoms with van der Waals surface area (Å²) in [6.45, 7) is 1.85. The van der Waals surface area contributed by atoms with Crippen LogP contribution in [-0.2, 0) is 4.79 Å². The number of hydrazone groups is 1. The van der Waals surface area contributed by atoms with E-state index in [1.165, 1.54) is 5.01 Å². The predicted molar refractivity (Wildman–Crippen MR) is 127 cm³/mol. The SMILES string of the molecule is CC1=NN(c2ccccc2)C(=O)C1c1cc(-c2ccccc2)c2c(=S)[nH]c(=S)[nH]c2n1. The van der Waals surface area contributed by atoms with Crippen molar-refractivity contribution in [2.75, 3.05) is 5.01 Å². The van der Waals surface area contributed by atoms with Crippen molar-refractivity contribution in [3.8, 4) is 11.1 Å². The summed E-state index contributed by atoms with van der Waals surface area (Å²) < 4.78 is 0.890. The van der Waals surface area contributed by atoms with Gasteiger partial charge in [0.05, 0.1) is 22.5 Å². The van der Waals surface area contributed by atoms with Gasteiger partial charge in [-0.05, 0) is 48.5 Å². The zero-order valence-corrected chi connectivity index (χ0v) is 18.1. The first-order valence-corrected chi connectivity index (χ1v) is 10.5. The second-order valence-corrected chi connectivity index (χ2v) is 8.07. The summed E-state index contributed by atoms with van der Waals surface area (Å²) in [4.78, 5) is 24.2. The van der Waals surface area contributed by atoms with Gasteiger partial charge in [0.2, 0.25) is 0 Å². The molecule has 1 amide bonds. The summed E-state index contributed by atoms with van der Waals surface area (Å²) in [5.41, 5.74) is 4.40. The number of carbonyl (C=O) groups excluding carboxylic acids is 1. The van der Waals surface area contributed by atoms with Crippen LogP contribution in [0.1, 0.15) is 18.5 Å². The van der Waals surface area contributed by atoms with Gasteiger partial charge in [-0.15, -0.1) is 0 Å². The maximum atomic E-state index is 13.3. The summed E-state index contributed by atoms with van der Waals surface area (Å²) in [7, 11) is 0. The van der Waals surface area contributed by atoms with Crippen LogP contribution < -0.4 is 5.01 Å². The van der Waals surface area contributed by atoms with Crippen LogP contribution >= 0.6 is 24.4 Å². The van der Waals surface area contributed by atoms with Crippen molar-refractivity contribution < 1.29 is 4.79 Å². The molecule has 1 atom stereocenters. The van der Waals surface area contributed by atoms with Crippen LogP contribution in [0.4, 0.5) is 5.69 Å². The minimum Gasteiger partial charge on any atom is -0.323 e. The maximum absolute atomic E-state index is 13.3. The lowest BCUT2D eigenvalue weighted by atomic mass is 9.95. The molecule has 4 aromatic rings. The van der Waals surface area contributed by atoms with Crippen LogP contribution in [0.3, 0.4) is 0 Å². The summed E-state index contributed by atoms with van der Waals surface area (Å²) in [6.07, 6.45) is 0. The second-order valence-electron chi connectivity index (χ2n) is 7.25. The van der Waals surface area contributed by atoms with Crippen molar-refractivity contribution in [1.29, 1.82) is 0 Å². The van der Waals surface area contributed by atoms with E-state index in [1.807, 2.05) is 73.7 Å². The fourth-order valence-corrected chi connectivity index (χ4v) is 4.42. The topological polar surface area (TPSA) is 77.1 Å². The Morgan fingerprint density at radius 3 is 2.35 bits per heavy atom. The molecule has 2 aromatic heterocycles. The number of H-pyrrole nitrogens is 2. The number of aromatic nitrogens is 3. The number of nitrogens with one attached hydrogen (secondary N) is 2. The van der Waals surface area contributed by atoms with Crippen LogP contribution in [0.2, 0.25) is 0 Å². The number of fused-ring (bicyclic) bond motifs is 1. The number of anilines is 1. The molecular formula is C23H17N5OS2. The number of hydrogen-bond donors (Lipinski definition) is 2. The van der Waals surface area contributed by atoms with E-state index in [0.29, 0.717) is 26.5 Å². The number of aromatic amines is 2. The van der Waals surface area contributed by atoms with E-state index in [2.05, 4.69) is 15.1 Å². The molecule has 0 saturated heterocycles. The third kappa shape index (κ3) is 3.39. The molecule has 0 bridgehead atoms. The van der Waals surface area contributed by atoms with Gasteiger partial charge in [-0.1, -0.05) is 60.7 Å². The van der Waals surface area contributed by atoms with Crippen LogP contribution in [-0.4, -0.2) is 26.6 Å². The van der Waals surface area contributed by atoms with Gasteiger partial charge in [0.25, 0.3) is 5.91 Å². The van der Waals surface area contributed by atoms with Crippen molar-refractivity contribution in [3.05, 3.63) is 81.8 Å². The lowest BCUT2D eigenvalue weighted by Crippen LogP contribution is -2.26. The number of pyridine rings is 1. The largest absolute Gasteiger partial charge is 0.323 e. The Morgan fingerprint density at radius 1 is 0.968 bits per heavy atom. The second kappa shape index (κ2) is 7.64. The molecule has 0 fully saturated rings.